The second-order valence-corrected chi connectivity index (χ2v) is 4.13. The van der Waals surface area contributed by atoms with E-state index in [1.165, 1.54) is 6.33 Å². The van der Waals surface area contributed by atoms with Gasteiger partial charge in [-0.2, -0.15) is 0 Å². The predicted octanol–water partition coefficient (Wildman–Crippen LogP) is 1.57. The van der Waals surface area contributed by atoms with Gasteiger partial charge in [0.25, 0.3) is 0 Å². The quantitative estimate of drug-likeness (QED) is 0.800. The molecule has 0 aromatic carbocycles. The van der Waals surface area contributed by atoms with Crippen molar-refractivity contribution >= 4 is 5.82 Å². The smallest absolute Gasteiger partial charge is 0.186 e. The molecule has 1 aromatic rings. The number of hydrogen-bond acceptors (Lipinski definition) is 4. The molecule has 16 heavy (non-hydrogen) atoms. The minimum atomic E-state index is -0.374. The van der Waals surface area contributed by atoms with Gasteiger partial charge in [-0.1, -0.05) is 20.8 Å². The molecule has 90 valence electrons. The first-order valence-electron chi connectivity index (χ1n) is 5.55. The van der Waals surface area contributed by atoms with Crippen LogP contribution in [-0.4, -0.2) is 22.6 Å². The molecule has 1 aromatic heterocycles. The molecule has 0 amide bonds. The fourth-order valence-electron chi connectivity index (χ4n) is 1.23. The number of hydrogen-bond donors (Lipinski definition) is 2. The molecule has 0 spiro atoms. The Morgan fingerprint density at radius 3 is 2.69 bits per heavy atom. The molecule has 0 aliphatic heterocycles. The summed E-state index contributed by atoms with van der Waals surface area (Å²) in [6.07, 6.45) is 1.92. The van der Waals surface area contributed by atoms with Crippen LogP contribution in [0.15, 0.2) is 6.33 Å². The lowest BCUT2D eigenvalue weighted by molar-refractivity contribution is 0.508. The second-order valence-electron chi connectivity index (χ2n) is 4.13. The van der Waals surface area contributed by atoms with Gasteiger partial charge in [0.2, 0.25) is 0 Å². The maximum absolute atomic E-state index is 13.7. The van der Waals surface area contributed by atoms with Crippen molar-refractivity contribution in [3.05, 3.63) is 17.8 Å². The van der Waals surface area contributed by atoms with E-state index in [1.807, 2.05) is 20.8 Å². The fourth-order valence-corrected chi connectivity index (χ4v) is 1.23. The zero-order chi connectivity index (χ0) is 12.1. The van der Waals surface area contributed by atoms with E-state index in [1.54, 1.807) is 0 Å². The molecule has 3 N–H and O–H groups in total. The van der Waals surface area contributed by atoms with Crippen molar-refractivity contribution in [1.82, 2.24) is 9.97 Å². The van der Waals surface area contributed by atoms with Crippen LogP contribution >= 0.6 is 0 Å². The van der Waals surface area contributed by atoms with Gasteiger partial charge >= 0.3 is 0 Å². The summed E-state index contributed by atoms with van der Waals surface area (Å²) in [5, 5.41) is 2.92. The van der Waals surface area contributed by atoms with E-state index in [0.29, 0.717) is 24.6 Å². The molecular weight excluding hydrogens is 207 g/mol. The molecule has 1 atom stereocenters. The van der Waals surface area contributed by atoms with Gasteiger partial charge in [-0.25, -0.2) is 14.4 Å². The molecule has 4 nitrogen and oxygen atoms in total. The van der Waals surface area contributed by atoms with E-state index in [-0.39, 0.29) is 17.7 Å². The molecule has 0 saturated carbocycles. The van der Waals surface area contributed by atoms with Crippen molar-refractivity contribution in [2.24, 2.45) is 11.7 Å². The molecule has 1 rings (SSSR count). The monoisotopic (exact) mass is 226 g/mol. The van der Waals surface area contributed by atoms with E-state index >= 15 is 0 Å². The molecule has 0 saturated heterocycles. The van der Waals surface area contributed by atoms with E-state index in [2.05, 4.69) is 15.3 Å². The van der Waals surface area contributed by atoms with Crippen LogP contribution in [0.3, 0.4) is 0 Å². The fraction of sp³-hybridized carbons (Fsp3) is 0.636. The van der Waals surface area contributed by atoms with Gasteiger partial charge in [-0.05, 0) is 12.3 Å². The number of nitrogens with zero attached hydrogens (tertiary/aromatic N) is 2. The number of nitrogens with two attached hydrogens (primary N) is 1. The minimum Gasteiger partial charge on any atom is -0.366 e. The average Bonchev–Trinajstić information content (AvgIpc) is 2.27. The van der Waals surface area contributed by atoms with Crippen LogP contribution < -0.4 is 11.1 Å². The number of aryl methyl sites for hydroxylation is 1. The first-order valence-corrected chi connectivity index (χ1v) is 5.55. The highest BCUT2D eigenvalue weighted by Gasteiger charge is 2.12. The van der Waals surface area contributed by atoms with Crippen molar-refractivity contribution in [1.29, 1.82) is 0 Å². The molecule has 0 bridgehead atoms. The third kappa shape index (κ3) is 3.13. The Morgan fingerprint density at radius 2 is 2.12 bits per heavy atom. The molecule has 0 aliphatic carbocycles. The molecule has 1 unspecified atom stereocenters. The predicted molar refractivity (Wildman–Crippen MR) is 62.7 cm³/mol. The summed E-state index contributed by atoms with van der Waals surface area (Å²) in [5.41, 5.74) is 6.28. The molecular formula is C11H19FN4. The minimum absolute atomic E-state index is 0.0144. The zero-order valence-corrected chi connectivity index (χ0v) is 10.00. The summed E-state index contributed by atoms with van der Waals surface area (Å²) < 4.78 is 13.7. The molecule has 1 heterocycles. The number of rotatable bonds is 5. The zero-order valence-electron chi connectivity index (χ0n) is 10.00. The summed E-state index contributed by atoms with van der Waals surface area (Å²) in [5.74, 6) is 0.215. The van der Waals surface area contributed by atoms with E-state index in [4.69, 9.17) is 5.73 Å². The van der Waals surface area contributed by atoms with Gasteiger partial charge in [0.1, 0.15) is 6.33 Å². The molecule has 0 radical (unpaired) electrons. The second kappa shape index (κ2) is 5.75. The Bertz CT molecular complexity index is 341. The van der Waals surface area contributed by atoms with Gasteiger partial charge in [-0.3, -0.25) is 0 Å². The summed E-state index contributed by atoms with van der Waals surface area (Å²) in [6, 6.07) is -0.0144. The summed E-state index contributed by atoms with van der Waals surface area (Å²) >= 11 is 0. The molecule has 0 fully saturated rings. The van der Waals surface area contributed by atoms with E-state index < -0.39 is 0 Å². The number of nitrogens with one attached hydrogen (secondary N) is 1. The van der Waals surface area contributed by atoms with Crippen LogP contribution in [0.25, 0.3) is 0 Å². The van der Waals surface area contributed by atoms with Gasteiger partial charge < -0.3 is 11.1 Å². The average molecular weight is 226 g/mol. The maximum Gasteiger partial charge on any atom is 0.186 e. The molecule has 0 aliphatic rings. The highest BCUT2D eigenvalue weighted by molar-refractivity contribution is 5.37. The van der Waals surface area contributed by atoms with Gasteiger partial charge in [0, 0.05) is 12.6 Å². The Hall–Kier alpha value is -1.23. The van der Waals surface area contributed by atoms with Gasteiger partial charge in [-0.15, -0.1) is 0 Å². The normalized spacial score (nSPS) is 12.9. The highest BCUT2D eigenvalue weighted by atomic mass is 19.1. The van der Waals surface area contributed by atoms with Crippen molar-refractivity contribution < 1.29 is 4.39 Å². The summed E-state index contributed by atoms with van der Waals surface area (Å²) in [6.45, 7) is 6.42. The van der Waals surface area contributed by atoms with Crippen LogP contribution in [0.2, 0.25) is 0 Å². The Labute approximate surface area is 95.5 Å². The number of anilines is 1. The topological polar surface area (TPSA) is 63.8 Å². The Kier molecular flexibility index (Phi) is 4.61. The van der Waals surface area contributed by atoms with Crippen LogP contribution in [0.1, 0.15) is 26.5 Å². The van der Waals surface area contributed by atoms with Crippen molar-refractivity contribution in [2.45, 2.75) is 33.2 Å². The van der Waals surface area contributed by atoms with Gasteiger partial charge in [0.05, 0.1) is 5.69 Å². The van der Waals surface area contributed by atoms with Crippen molar-refractivity contribution in [2.75, 3.05) is 11.9 Å². The lowest BCUT2D eigenvalue weighted by Crippen LogP contribution is -2.34. The third-order valence-corrected chi connectivity index (χ3v) is 2.56. The lowest BCUT2D eigenvalue weighted by atomic mass is 10.1. The number of halogens is 1. The Balaban J connectivity index is 2.67. The lowest BCUT2D eigenvalue weighted by Gasteiger charge is -2.16. The largest absolute Gasteiger partial charge is 0.366 e. The Morgan fingerprint density at radius 1 is 1.44 bits per heavy atom. The van der Waals surface area contributed by atoms with E-state index in [9.17, 15) is 4.39 Å². The van der Waals surface area contributed by atoms with Crippen molar-refractivity contribution in [3.63, 3.8) is 0 Å². The van der Waals surface area contributed by atoms with E-state index in [0.717, 1.165) is 0 Å². The summed E-state index contributed by atoms with van der Waals surface area (Å²) in [4.78, 5) is 7.73. The molecule has 5 heteroatoms. The summed E-state index contributed by atoms with van der Waals surface area (Å²) in [7, 11) is 0. The van der Waals surface area contributed by atoms with Crippen LogP contribution in [0.4, 0.5) is 10.2 Å². The van der Waals surface area contributed by atoms with Crippen LogP contribution in [0, 0.1) is 11.7 Å². The first-order chi connectivity index (χ1) is 7.56. The van der Waals surface area contributed by atoms with Crippen LogP contribution in [0.5, 0.6) is 0 Å². The van der Waals surface area contributed by atoms with Crippen molar-refractivity contribution in [3.8, 4) is 0 Å². The third-order valence-electron chi connectivity index (χ3n) is 2.56. The first kappa shape index (κ1) is 12.8. The van der Waals surface area contributed by atoms with Crippen LogP contribution in [-0.2, 0) is 6.42 Å². The highest BCUT2D eigenvalue weighted by Crippen LogP contribution is 2.13. The SMILES string of the molecule is CCc1ncnc(NCC(N)C(C)C)c1F. The van der Waals surface area contributed by atoms with Gasteiger partial charge in [0.15, 0.2) is 11.6 Å². The maximum atomic E-state index is 13.7. The standard InChI is InChI=1S/C11H19FN4/c1-4-9-10(12)11(16-6-15-9)14-5-8(13)7(2)3/h6-8H,4-5,13H2,1-3H3,(H,14,15,16). The number of aromatic nitrogens is 2.